The molecule has 0 aliphatic carbocycles. The third-order valence-corrected chi connectivity index (χ3v) is 1.55. The van der Waals surface area contributed by atoms with E-state index < -0.39 is 0 Å². The first kappa shape index (κ1) is 8.52. The molecule has 0 aliphatic heterocycles. The van der Waals surface area contributed by atoms with Gasteiger partial charge in [-0.1, -0.05) is 6.08 Å². The van der Waals surface area contributed by atoms with Crippen LogP contribution in [0.15, 0.2) is 23.5 Å². The lowest BCUT2D eigenvalue weighted by Gasteiger charge is -2.05. The van der Waals surface area contributed by atoms with Gasteiger partial charge >= 0.3 is 5.69 Å². The van der Waals surface area contributed by atoms with Crippen LogP contribution in [0, 0.1) is 6.92 Å². The molecule has 0 saturated carbocycles. The van der Waals surface area contributed by atoms with Crippen molar-refractivity contribution in [2.45, 2.75) is 13.5 Å². The zero-order valence-corrected chi connectivity index (χ0v) is 6.95. The highest BCUT2D eigenvalue weighted by atomic mass is 16.1. The maximum atomic E-state index is 11.2. The highest BCUT2D eigenvalue weighted by Crippen LogP contribution is 1.98. The first-order valence-corrected chi connectivity index (χ1v) is 3.60. The van der Waals surface area contributed by atoms with Crippen LogP contribution < -0.4 is 11.4 Å². The summed E-state index contributed by atoms with van der Waals surface area (Å²) < 4.78 is 1.50. The van der Waals surface area contributed by atoms with Gasteiger partial charge < -0.3 is 5.73 Å². The number of aryl methyl sites for hydroxylation is 1. The van der Waals surface area contributed by atoms with Crippen molar-refractivity contribution in [2.24, 2.45) is 0 Å². The van der Waals surface area contributed by atoms with Crippen molar-refractivity contribution in [1.82, 2.24) is 9.55 Å². The van der Waals surface area contributed by atoms with Crippen molar-refractivity contribution in [3.8, 4) is 0 Å². The Labute approximate surface area is 70.4 Å². The van der Waals surface area contributed by atoms with Crippen molar-refractivity contribution in [3.05, 3.63) is 34.9 Å². The largest absolute Gasteiger partial charge is 0.383 e. The second-order valence-electron chi connectivity index (χ2n) is 2.50. The first-order chi connectivity index (χ1) is 5.65. The van der Waals surface area contributed by atoms with Crippen molar-refractivity contribution < 1.29 is 0 Å². The van der Waals surface area contributed by atoms with Crippen molar-refractivity contribution in [3.63, 3.8) is 0 Å². The Morgan fingerprint density at radius 2 is 2.50 bits per heavy atom. The summed E-state index contributed by atoms with van der Waals surface area (Å²) in [6.45, 7) is 5.82. The molecule has 0 atom stereocenters. The summed E-state index contributed by atoms with van der Waals surface area (Å²) in [4.78, 5) is 14.8. The lowest BCUT2D eigenvalue weighted by atomic mass is 10.4. The maximum Gasteiger partial charge on any atom is 0.349 e. The molecule has 12 heavy (non-hydrogen) atoms. The SMILES string of the molecule is C=CCn1c(C)cc(N)nc1=O. The quantitative estimate of drug-likeness (QED) is 0.642. The van der Waals surface area contributed by atoms with Crippen molar-refractivity contribution in [2.75, 3.05) is 5.73 Å². The highest BCUT2D eigenvalue weighted by molar-refractivity contribution is 5.27. The third-order valence-electron chi connectivity index (χ3n) is 1.55. The van der Waals surface area contributed by atoms with Crippen LogP contribution in [0.2, 0.25) is 0 Å². The number of nitrogens with two attached hydrogens (primary N) is 1. The molecule has 0 unspecified atom stereocenters. The molecule has 4 nitrogen and oxygen atoms in total. The maximum absolute atomic E-state index is 11.2. The number of anilines is 1. The minimum absolute atomic E-state index is 0.262. The second-order valence-corrected chi connectivity index (χ2v) is 2.50. The zero-order valence-electron chi connectivity index (χ0n) is 6.95. The molecule has 1 rings (SSSR count). The van der Waals surface area contributed by atoms with Crippen molar-refractivity contribution in [1.29, 1.82) is 0 Å². The highest BCUT2D eigenvalue weighted by Gasteiger charge is 1.99. The summed E-state index contributed by atoms with van der Waals surface area (Å²) in [5, 5.41) is 0. The van der Waals surface area contributed by atoms with Crippen LogP contribution in [-0.4, -0.2) is 9.55 Å². The molecule has 0 saturated heterocycles. The number of hydrogen-bond acceptors (Lipinski definition) is 3. The lowest BCUT2D eigenvalue weighted by molar-refractivity contribution is 0.718. The number of rotatable bonds is 2. The number of hydrogen-bond donors (Lipinski definition) is 1. The number of allylic oxidation sites excluding steroid dienone is 1. The minimum atomic E-state index is -0.326. The molecule has 64 valence electrons. The van der Waals surface area contributed by atoms with E-state index in [0.29, 0.717) is 6.54 Å². The predicted octanol–water partition coefficient (Wildman–Crippen LogP) is 0.320. The van der Waals surface area contributed by atoms with E-state index in [1.54, 1.807) is 12.1 Å². The van der Waals surface area contributed by atoms with Gasteiger partial charge in [0.25, 0.3) is 0 Å². The van der Waals surface area contributed by atoms with E-state index in [4.69, 9.17) is 5.73 Å². The number of aromatic nitrogens is 2. The molecule has 0 amide bonds. The summed E-state index contributed by atoms with van der Waals surface area (Å²) in [6, 6.07) is 1.66. The van der Waals surface area contributed by atoms with Gasteiger partial charge in [-0.3, -0.25) is 4.57 Å². The van der Waals surface area contributed by atoms with E-state index in [9.17, 15) is 4.79 Å². The molecule has 0 radical (unpaired) electrons. The van der Waals surface area contributed by atoms with Gasteiger partial charge in [-0.05, 0) is 13.0 Å². The summed E-state index contributed by atoms with van der Waals surface area (Å²) in [7, 11) is 0. The van der Waals surface area contributed by atoms with Crippen LogP contribution in [0.25, 0.3) is 0 Å². The summed E-state index contributed by atoms with van der Waals surface area (Å²) >= 11 is 0. The Kier molecular flexibility index (Phi) is 2.28. The fourth-order valence-corrected chi connectivity index (χ4v) is 0.997. The van der Waals surface area contributed by atoms with Crippen LogP contribution in [0.4, 0.5) is 5.82 Å². The topological polar surface area (TPSA) is 60.9 Å². The van der Waals surface area contributed by atoms with E-state index in [2.05, 4.69) is 11.6 Å². The second kappa shape index (κ2) is 3.21. The normalized spacial score (nSPS) is 9.75. The van der Waals surface area contributed by atoms with E-state index in [1.165, 1.54) is 4.57 Å². The molecular formula is C8H11N3O. The van der Waals surface area contributed by atoms with Gasteiger partial charge in [0.1, 0.15) is 5.82 Å². The van der Waals surface area contributed by atoms with Gasteiger partial charge in [-0.25, -0.2) is 4.79 Å². The average Bonchev–Trinajstić information content (AvgIpc) is 1.96. The molecule has 0 aliphatic rings. The zero-order chi connectivity index (χ0) is 9.14. The fraction of sp³-hybridized carbons (Fsp3) is 0.250. The number of nitrogen functional groups attached to an aromatic ring is 1. The first-order valence-electron chi connectivity index (χ1n) is 3.60. The molecule has 1 aromatic rings. The molecule has 2 N–H and O–H groups in total. The molecular weight excluding hydrogens is 154 g/mol. The summed E-state index contributed by atoms with van der Waals surface area (Å²) in [6.07, 6.45) is 1.65. The fourth-order valence-electron chi connectivity index (χ4n) is 0.997. The van der Waals surface area contributed by atoms with E-state index in [1.807, 2.05) is 6.92 Å². The monoisotopic (exact) mass is 165 g/mol. The molecule has 0 bridgehead atoms. The Hall–Kier alpha value is -1.58. The van der Waals surface area contributed by atoms with Gasteiger partial charge in [-0.15, -0.1) is 6.58 Å². The Morgan fingerprint density at radius 1 is 1.83 bits per heavy atom. The molecule has 1 heterocycles. The van der Waals surface area contributed by atoms with Crippen molar-refractivity contribution >= 4 is 5.82 Å². The lowest BCUT2D eigenvalue weighted by Crippen LogP contribution is -2.25. The van der Waals surface area contributed by atoms with Crippen LogP contribution in [-0.2, 0) is 6.54 Å². The molecule has 0 spiro atoms. The molecule has 0 aromatic carbocycles. The minimum Gasteiger partial charge on any atom is -0.383 e. The van der Waals surface area contributed by atoms with Gasteiger partial charge in [0, 0.05) is 12.2 Å². The Bertz CT molecular complexity index is 354. The van der Waals surface area contributed by atoms with E-state index >= 15 is 0 Å². The number of nitrogens with zero attached hydrogens (tertiary/aromatic N) is 2. The van der Waals surface area contributed by atoms with Gasteiger partial charge in [-0.2, -0.15) is 4.98 Å². The van der Waals surface area contributed by atoms with Crippen LogP contribution >= 0.6 is 0 Å². The van der Waals surface area contributed by atoms with Crippen LogP contribution in [0.3, 0.4) is 0 Å². The van der Waals surface area contributed by atoms with E-state index in [-0.39, 0.29) is 11.5 Å². The summed E-state index contributed by atoms with van der Waals surface area (Å²) in [5.74, 6) is 0.262. The smallest absolute Gasteiger partial charge is 0.349 e. The van der Waals surface area contributed by atoms with E-state index in [0.717, 1.165) is 5.69 Å². The Morgan fingerprint density at radius 3 is 3.00 bits per heavy atom. The van der Waals surface area contributed by atoms with Crippen LogP contribution in [0.5, 0.6) is 0 Å². The average molecular weight is 165 g/mol. The van der Waals surface area contributed by atoms with Gasteiger partial charge in [0.05, 0.1) is 0 Å². The standard InChI is InChI=1S/C8H11N3O/c1-3-4-11-6(2)5-7(9)10-8(11)12/h3,5H,1,4H2,2H3,(H2,9,10,12). The molecule has 0 fully saturated rings. The van der Waals surface area contributed by atoms with Crippen LogP contribution in [0.1, 0.15) is 5.69 Å². The van der Waals surface area contributed by atoms with Gasteiger partial charge in [0.15, 0.2) is 0 Å². The summed E-state index contributed by atoms with van der Waals surface area (Å²) in [5.41, 5.74) is 5.85. The van der Waals surface area contributed by atoms with Gasteiger partial charge in [0.2, 0.25) is 0 Å². The molecule has 1 aromatic heterocycles. The third kappa shape index (κ3) is 1.53. The predicted molar refractivity (Wildman–Crippen MR) is 47.8 cm³/mol. The molecule has 4 heteroatoms. The Balaban J connectivity index is 3.28.